The summed E-state index contributed by atoms with van der Waals surface area (Å²) in [6.07, 6.45) is 1.22. The van der Waals surface area contributed by atoms with Gasteiger partial charge in [-0.15, -0.1) is 0 Å². The Balaban J connectivity index is 1.62. The van der Waals surface area contributed by atoms with Crippen molar-refractivity contribution in [2.75, 3.05) is 26.6 Å². The van der Waals surface area contributed by atoms with Crippen LogP contribution in [0, 0.1) is 0 Å². The fourth-order valence-corrected chi connectivity index (χ4v) is 2.08. The quantitative estimate of drug-likeness (QED) is 0.879. The van der Waals surface area contributed by atoms with Crippen molar-refractivity contribution >= 4 is 0 Å². The van der Waals surface area contributed by atoms with Gasteiger partial charge in [0.2, 0.25) is 6.79 Å². The van der Waals surface area contributed by atoms with Crippen molar-refractivity contribution in [3.05, 3.63) is 18.2 Å². The zero-order chi connectivity index (χ0) is 12.4. The molecule has 5 heteroatoms. The molecule has 1 saturated heterocycles. The van der Waals surface area contributed by atoms with Crippen LogP contribution in [0.15, 0.2) is 18.2 Å². The monoisotopic (exact) mass is 252 g/mol. The van der Waals surface area contributed by atoms with Gasteiger partial charge in [0, 0.05) is 32.1 Å². The summed E-state index contributed by atoms with van der Waals surface area (Å²) >= 11 is 0. The first-order chi connectivity index (χ1) is 8.75. The first kappa shape index (κ1) is 11.6. The maximum atomic E-state index is 10.3. The van der Waals surface area contributed by atoms with Crippen LogP contribution < -0.4 is 14.2 Å². The normalized spacial score (nSPS) is 20.7. The van der Waals surface area contributed by atoms with E-state index >= 15 is 0 Å². The molecular formula is C13H16O5. The van der Waals surface area contributed by atoms with E-state index in [2.05, 4.69) is 0 Å². The zero-order valence-electron chi connectivity index (χ0n) is 10.1. The molecule has 2 heterocycles. The highest BCUT2D eigenvalue weighted by Gasteiger charge is 2.30. The second-order valence-corrected chi connectivity index (χ2v) is 4.64. The molecule has 3 rings (SSSR count). The summed E-state index contributed by atoms with van der Waals surface area (Å²) in [6.45, 7) is 1.69. The second-order valence-electron chi connectivity index (χ2n) is 4.64. The first-order valence-electron chi connectivity index (χ1n) is 6.08. The van der Waals surface area contributed by atoms with Crippen LogP contribution in [0.4, 0.5) is 0 Å². The fourth-order valence-electron chi connectivity index (χ4n) is 2.08. The van der Waals surface area contributed by atoms with Crippen LogP contribution in [-0.4, -0.2) is 37.3 Å². The van der Waals surface area contributed by atoms with E-state index in [-0.39, 0.29) is 13.4 Å². The van der Waals surface area contributed by atoms with Gasteiger partial charge in [-0.3, -0.25) is 0 Å². The lowest BCUT2D eigenvalue weighted by Crippen LogP contribution is -2.41. The Hall–Kier alpha value is -1.46. The number of ether oxygens (including phenoxy) is 4. The molecule has 0 amide bonds. The Bertz CT molecular complexity index is 425. The second kappa shape index (κ2) is 4.66. The molecule has 0 spiro atoms. The van der Waals surface area contributed by atoms with Gasteiger partial charge >= 0.3 is 0 Å². The summed E-state index contributed by atoms with van der Waals surface area (Å²) in [4.78, 5) is 0. The third-order valence-corrected chi connectivity index (χ3v) is 3.28. The third-order valence-electron chi connectivity index (χ3n) is 3.28. The van der Waals surface area contributed by atoms with E-state index in [1.807, 2.05) is 12.1 Å². The summed E-state index contributed by atoms with van der Waals surface area (Å²) in [5.74, 6) is 2.10. The summed E-state index contributed by atoms with van der Waals surface area (Å²) in [6, 6.07) is 5.41. The minimum atomic E-state index is -0.783. The highest BCUT2D eigenvalue weighted by molar-refractivity contribution is 5.46. The van der Waals surface area contributed by atoms with Gasteiger partial charge in [0.1, 0.15) is 18.0 Å². The number of fused-ring (bicyclic) bond motifs is 1. The molecule has 1 fully saturated rings. The highest BCUT2D eigenvalue weighted by atomic mass is 16.7. The lowest BCUT2D eigenvalue weighted by molar-refractivity contribution is -0.0855. The van der Waals surface area contributed by atoms with Gasteiger partial charge in [0.05, 0.1) is 0 Å². The molecule has 1 N–H and O–H groups in total. The molecule has 0 radical (unpaired) electrons. The van der Waals surface area contributed by atoms with Crippen LogP contribution in [0.1, 0.15) is 12.8 Å². The van der Waals surface area contributed by atoms with Crippen molar-refractivity contribution < 1.29 is 24.1 Å². The van der Waals surface area contributed by atoms with Gasteiger partial charge in [-0.2, -0.15) is 0 Å². The van der Waals surface area contributed by atoms with Crippen LogP contribution in [0.25, 0.3) is 0 Å². The van der Waals surface area contributed by atoms with E-state index in [9.17, 15) is 5.11 Å². The van der Waals surface area contributed by atoms with Gasteiger partial charge in [0.15, 0.2) is 11.5 Å². The molecule has 2 aliphatic heterocycles. The molecule has 0 bridgehead atoms. The Kier molecular flexibility index (Phi) is 3.01. The van der Waals surface area contributed by atoms with Crippen molar-refractivity contribution in [2.24, 2.45) is 0 Å². The lowest BCUT2D eigenvalue weighted by atomic mass is 9.96. The SMILES string of the molecule is OC1(COc2ccc3c(c2)OCO3)CCOCC1. The minimum Gasteiger partial charge on any atom is -0.490 e. The van der Waals surface area contributed by atoms with Crippen LogP contribution in [0.2, 0.25) is 0 Å². The van der Waals surface area contributed by atoms with Crippen molar-refractivity contribution in [3.8, 4) is 17.2 Å². The summed E-state index contributed by atoms with van der Waals surface area (Å²) in [5.41, 5.74) is -0.783. The molecular weight excluding hydrogens is 236 g/mol. The number of hydrogen-bond acceptors (Lipinski definition) is 5. The molecule has 2 aliphatic rings. The first-order valence-corrected chi connectivity index (χ1v) is 6.08. The van der Waals surface area contributed by atoms with Crippen LogP contribution in [0.5, 0.6) is 17.2 Å². The van der Waals surface area contributed by atoms with E-state index in [1.165, 1.54) is 0 Å². The molecule has 0 aliphatic carbocycles. The van der Waals surface area contributed by atoms with Gasteiger partial charge in [-0.05, 0) is 12.1 Å². The molecule has 0 saturated carbocycles. The molecule has 0 atom stereocenters. The van der Waals surface area contributed by atoms with E-state index in [4.69, 9.17) is 18.9 Å². The maximum absolute atomic E-state index is 10.3. The standard InChI is InChI=1S/C13H16O5/c14-13(3-5-15-6-4-13)8-16-10-1-2-11-12(7-10)18-9-17-11/h1-2,7,14H,3-6,8-9H2. The van der Waals surface area contributed by atoms with Crippen LogP contribution in [0.3, 0.4) is 0 Å². The fraction of sp³-hybridized carbons (Fsp3) is 0.538. The predicted octanol–water partition coefficient (Wildman–Crippen LogP) is 1.34. The van der Waals surface area contributed by atoms with E-state index in [1.54, 1.807) is 6.07 Å². The van der Waals surface area contributed by atoms with Gasteiger partial charge in [0.25, 0.3) is 0 Å². The van der Waals surface area contributed by atoms with Gasteiger partial charge in [-0.25, -0.2) is 0 Å². The van der Waals surface area contributed by atoms with Crippen molar-refractivity contribution in [2.45, 2.75) is 18.4 Å². The van der Waals surface area contributed by atoms with Gasteiger partial charge < -0.3 is 24.1 Å². The predicted molar refractivity (Wildman–Crippen MR) is 63.1 cm³/mol. The van der Waals surface area contributed by atoms with Gasteiger partial charge in [-0.1, -0.05) is 0 Å². The average molecular weight is 252 g/mol. The molecule has 0 aromatic heterocycles. The minimum absolute atomic E-state index is 0.250. The number of rotatable bonds is 3. The molecule has 1 aromatic rings. The molecule has 5 nitrogen and oxygen atoms in total. The zero-order valence-corrected chi connectivity index (χ0v) is 10.1. The highest BCUT2D eigenvalue weighted by Crippen LogP contribution is 2.35. The van der Waals surface area contributed by atoms with Crippen molar-refractivity contribution in [1.82, 2.24) is 0 Å². The van der Waals surface area contributed by atoms with Crippen molar-refractivity contribution in [3.63, 3.8) is 0 Å². The number of hydrogen-bond donors (Lipinski definition) is 1. The Morgan fingerprint density at radius 3 is 2.78 bits per heavy atom. The molecule has 1 aromatic carbocycles. The molecule has 98 valence electrons. The summed E-state index contributed by atoms with van der Waals surface area (Å²) < 4.78 is 21.4. The van der Waals surface area contributed by atoms with E-state index < -0.39 is 5.60 Å². The number of aliphatic hydroxyl groups is 1. The smallest absolute Gasteiger partial charge is 0.231 e. The lowest BCUT2D eigenvalue weighted by Gasteiger charge is -2.31. The summed E-state index contributed by atoms with van der Waals surface area (Å²) in [7, 11) is 0. The van der Waals surface area contributed by atoms with Crippen LogP contribution >= 0.6 is 0 Å². The third kappa shape index (κ3) is 2.37. The summed E-state index contributed by atoms with van der Waals surface area (Å²) in [5, 5.41) is 10.3. The average Bonchev–Trinajstić information content (AvgIpc) is 2.85. The molecule has 0 unspecified atom stereocenters. The van der Waals surface area contributed by atoms with E-state index in [0.717, 1.165) is 5.75 Å². The van der Waals surface area contributed by atoms with Crippen molar-refractivity contribution in [1.29, 1.82) is 0 Å². The Morgan fingerprint density at radius 2 is 1.94 bits per heavy atom. The molecule has 18 heavy (non-hydrogen) atoms. The van der Waals surface area contributed by atoms with E-state index in [0.29, 0.717) is 37.6 Å². The largest absolute Gasteiger partial charge is 0.490 e. The maximum Gasteiger partial charge on any atom is 0.231 e. The Morgan fingerprint density at radius 1 is 1.17 bits per heavy atom. The number of benzene rings is 1. The topological polar surface area (TPSA) is 57.2 Å². The van der Waals surface area contributed by atoms with Crippen LogP contribution in [-0.2, 0) is 4.74 Å². The Labute approximate surface area is 105 Å².